The van der Waals surface area contributed by atoms with Crippen molar-refractivity contribution in [2.24, 2.45) is 7.05 Å². The molecule has 1 amide bonds. The SMILES string of the molecule is CCN(CC)[C@@H]1CCN(Cc2ccc(C(=O)Nc3cnn(C)c3)cc2)C1. The van der Waals surface area contributed by atoms with Crippen LogP contribution in [0.4, 0.5) is 5.69 Å². The van der Waals surface area contributed by atoms with Crippen molar-refractivity contribution in [3.63, 3.8) is 0 Å². The van der Waals surface area contributed by atoms with Crippen molar-refractivity contribution >= 4 is 11.6 Å². The highest BCUT2D eigenvalue weighted by molar-refractivity contribution is 6.04. The Hall–Kier alpha value is -2.18. The normalized spacial score (nSPS) is 17.8. The first-order chi connectivity index (χ1) is 12.6. The zero-order chi connectivity index (χ0) is 18.5. The van der Waals surface area contributed by atoms with Gasteiger partial charge < -0.3 is 5.32 Å². The molecule has 1 aliphatic rings. The number of aromatic nitrogens is 2. The number of carbonyl (C=O) groups is 1. The van der Waals surface area contributed by atoms with Gasteiger partial charge in [0.2, 0.25) is 0 Å². The topological polar surface area (TPSA) is 53.4 Å². The number of hydrogen-bond acceptors (Lipinski definition) is 4. The summed E-state index contributed by atoms with van der Waals surface area (Å²) in [5.74, 6) is -0.104. The molecule has 1 saturated heterocycles. The van der Waals surface area contributed by atoms with Gasteiger partial charge in [0, 0.05) is 44.5 Å². The summed E-state index contributed by atoms with van der Waals surface area (Å²) in [5.41, 5.74) is 2.63. The zero-order valence-corrected chi connectivity index (χ0v) is 16.0. The van der Waals surface area contributed by atoms with Crippen molar-refractivity contribution < 1.29 is 4.79 Å². The van der Waals surface area contributed by atoms with Gasteiger partial charge in [0.05, 0.1) is 11.9 Å². The van der Waals surface area contributed by atoms with Gasteiger partial charge in [0.25, 0.3) is 5.91 Å². The summed E-state index contributed by atoms with van der Waals surface area (Å²) < 4.78 is 1.67. The number of carbonyl (C=O) groups excluding carboxylic acids is 1. The first-order valence-corrected chi connectivity index (χ1v) is 9.44. The van der Waals surface area contributed by atoms with Crippen LogP contribution in [0, 0.1) is 0 Å². The third-order valence-electron chi connectivity index (χ3n) is 5.16. The molecule has 0 bridgehead atoms. The molecule has 3 rings (SSSR count). The largest absolute Gasteiger partial charge is 0.319 e. The highest BCUT2D eigenvalue weighted by Gasteiger charge is 2.25. The molecule has 0 aliphatic carbocycles. The lowest BCUT2D eigenvalue weighted by Gasteiger charge is -2.26. The van der Waals surface area contributed by atoms with Crippen molar-refractivity contribution in [3.8, 4) is 0 Å². The number of amides is 1. The Bertz CT molecular complexity index is 720. The minimum absolute atomic E-state index is 0.104. The van der Waals surface area contributed by atoms with Crippen molar-refractivity contribution in [1.82, 2.24) is 19.6 Å². The van der Waals surface area contributed by atoms with E-state index in [1.54, 1.807) is 17.1 Å². The summed E-state index contributed by atoms with van der Waals surface area (Å²) in [6, 6.07) is 8.60. The number of aryl methyl sites for hydroxylation is 1. The van der Waals surface area contributed by atoms with Crippen LogP contribution >= 0.6 is 0 Å². The molecule has 2 aromatic rings. The quantitative estimate of drug-likeness (QED) is 0.829. The fourth-order valence-electron chi connectivity index (χ4n) is 3.70. The molecule has 6 nitrogen and oxygen atoms in total. The molecule has 1 aromatic carbocycles. The lowest BCUT2D eigenvalue weighted by atomic mass is 10.1. The van der Waals surface area contributed by atoms with E-state index in [4.69, 9.17) is 0 Å². The third kappa shape index (κ3) is 4.51. The fraction of sp³-hybridized carbons (Fsp3) is 0.500. The molecule has 1 aromatic heterocycles. The summed E-state index contributed by atoms with van der Waals surface area (Å²) in [6.07, 6.45) is 4.67. The first kappa shape index (κ1) is 18.6. The second-order valence-corrected chi connectivity index (χ2v) is 6.95. The Kier molecular flexibility index (Phi) is 6.06. The molecule has 0 saturated carbocycles. The second kappa shape index (κ2) is 8.47. The minimum atomic E-state index is -0.104. The number of nitrogens with zero attached hydrogens (tertiary/aromatic N) is 4. The monoisotopic (exact) mass is 355 g/mol. The molecular formula is C20H29N5O. The molecule has 1 N–H and O–H groups in total. The van der Waals surface area contributed by atoms with Gasteiger partial charge in [-0.25, -0.2) is 0 Å². The van der Waals surface area contributed by atoms with Crippen LogP contribution in [0.1, 0.15) is 36.2 Å². The molecule has 6 heteroatoms. The van der Waals surface area contributed by atoms with E-state index in [1.807, 2.05) is 19.2 Å². The Morgan fingerprint density at radius 1 is 1.27 bits per heavy atom. The van der Waals surface area contributed by atoms with E-state index in [0.717, 1.165) is 32.7 Å². The molecular weight excluding hydrogens is 326 g/mol. The Labute approximate surface area is 155 Å². The van der Waals surface area contributed by atoms with Gasteiger partial charge in [0.15, 0.2) is 0 Å². The van der Waals surface area contributed by atoms with E-state index in [0.29, 0.717) is 17.3 Å². The lowest BCUT2D eigenvalue weighted by molar-refractivity contribution is 0.102. The van der Waals surface area contributed by atoms with E-state index < -0.39 is 0 Å². The van der Waals surface area contributed by atoms with Crippen LogP contribution in [-0.2, 0) is 13.6 Å². The summed E-state index contributed by atoms with van der Waals surface area (Å²) in [7, 11) is 1.83. The number of benzene rings is 1. The van der Waals surface area contributed by atoms with Gasteiger partial charge >= 0.3 is 0 Å². The predicted octanol–water partition coefficient (Wildman–Crippen LogP) is 2.59. The number of nitrogens with one attached hydrogen (secondary N) is 1. The van der Waals surface area contributed by atoms with E-state index in [-0.39, 0.29) is 5.91 Å². The average molecular weight is 355 g/mol. The number of hydrogen-bond donors (Lipinski definition) is 1. The maximum Gasteiger partial charge on any atom is 0.255 e. The van der Waals surface area contributed by atoms with E-state index in [2.05, 4.69) is 46.2 Å². The van der Waals surface area contributed by atoms with E-state index in [9.17, 15) is 4.79 Å². The summed E-state index contributed by atoms with van der Waals surface area (Å²) >= 11 is 0. The second-order valence-electron chi connectivity index (χ2n) is 6.95. The molecule has 26 heavy (non-hydrogen) atoms. The van der Waals surface area contributed by atoms with E-state index in [1.165, 1.54) is 12.0 Å². The van der Waals surface area contributed by atoms with Gasteiger partial charge in [0.1, 0.15) is 0 Å². The van der Waals surface area contributed by atoms with Crippen LogP contribution in [0.2, 0.25) is 0 Å². The zero-order valence-electron chi connectivity index (χ0n) is 16.0. The smallest absolute Gasteiger partial charge is 0.255 e. The molecule has 0 spiro atoms. The molecule has 0 unspecified atom stereocenters. The van der Waals surface area contributed by atoms with Crippen molar-refractivity contribution in [1.29, 1.82) is 0 Å². The molecule has 2 heterocycles. The first-order valence-electron chi connectivity index (χ1n) is 9.44. The summed E-state index contributed by atoms with van der Waals surface area (Å²) in [5, 5.41) is 6.92. The number of anilines is 1. The van der Waals surface area contributed by atoms with Crippen LogP contribution in [0.5, 0.6) is 0 Å². The van der Waals surface area contributed by atoms with Crippen LogP contribution in [0.3, 0.4) is 0 Å². The predicted molar refractivity (Wildman–Crippen MR) is 104 cm³/mol. The van der Waals surface area contributed by atoms with Crippen LogP contribution < -0.4 is 5.32 Å². The van der Waals surface area contributed by atoms with E-state index >= 15 is 0 Å². The minimum Gasteiger partial charge on any atom is -0.319 e. The molecule has 1 atom stereocenters. The molecule has 1 aliphatic heterocycles. The van der Waals surface area contributed by atoms with Crippen molar-refractivity contribution in [3.05, 3.63) is 47.8 Å². The summed E-state index contributed by atoms with van der Waals surface area (Å²) in [4.78, 5) is 17.4. The number of likely N-dealkylation sites (N-methyl/N-ethyl adjacent to an activating group) is 1. The Morgan fingerprint density at radius 2 is 2.00 bits per heavy atom. The van der Waals surface area contributed by atoms with Crippen LogP contribution in [0.25, 0.3) is 0 Å². The van der Waals surface area contributed by atoms with Gasteiger partial charge in [-0.15, -0.1) is 0 Å². The Morgan fingerprint density at radius 3 is 2.62 bits per heavy atom. The lowest BCUT2D eigenvalue weighted by Crippen LogP contribution is -2.37. The van der Waals surface area contributed by atoms with Crippen molar-refractivity contribution in [2.75, 3.05) is 31.5 Å². The Balaban J connectivity index is 1.54. The van der Waals surface area contributed by atoms with Gasteiger partial charge in [-0.1, -0.05) is 26.0 Å². The molecule has 1 fully saturated rings. The number of rotatable bonds is 7. The fourth-order valence-corrected chi connectivity index (χ4v) is 3.70. The van der Waals surface area contributed by atoms with Gasteiger partial charge in [-0.05, 0) is 37.2 Å². The average Bonchev–Trinajstić information content (AvgIpc) is 3.26. The van der Waals surface area contributed by atoms with Crippen LogP contribution in [-0.4, -0.2) is 57.7 Å². The standard InChI is InChI=1S/C20H29N5O/c1-4-25(5-2)19-10-11-24(15-19)13-16-6-8-17(9-7-16)20(26)22-18-12-21-23(3)14-18/h6-9,12,14,19H,4-5,10-11,13,15H2,1-3H3,(H,22,26)/t19-/m1/s1. The van der Waals surface area contributed by atoms with Crippen molar-refractivity contribution in [2.45, 2.75) is 32.9 Å². The molecule has 0 radical (unpaired) electrons. The maximum absolute atomic E-state index is 12.3. The third-order valence-corrected chi connectivity index (χ3v) is 5.16. The molecule has 140 valence electrons. The maximum atomic E-state index is 12.3. The highest BCUT2D eigenvalue weighted by Crippen LogP contribution is 2.18. The summed E-state index contributed by atoms with van der Waals surface area (Å²) in [6.45, 7) is 9.94. The highest BCUT2D eigenvalue weighted by atomic mass is 16.1. The van der Waals surface area contributed by atoms with Crippen LogP contribution in [0.15, 0.2) is 36.7 Å². The number of likely N-dealkylation sites (tertiary alicyclic amines) is 1. The van der Waals surface area contributed by atoms with Gasteiger partial charge in [-0.3, -0.25) is 19.3 Å². The van der Waals surface area contributed by atoms with Gasteiger partial charge in [-0.2, -0.15) is 5.10 Å².